The average molecular weight is 267 g/mol. The van der Waals surface area contributed by atoms with Crippen molar-refractivity contribution in [2.75, 3.05) is 19.8 Å². The van der Waals surface area contributed by atoms with Gasteiger partial charge >= 0.3 is 0 Å². The van der Waals surface area contributed by atoms with Gasteiger partial charge in [0.2, 0.25) is 11.8 Å². The number of oxazole rings is 1. The molecule has 2 N–H and O–H groups in total. The number of rotatable bonds is 5. The molecule has 1 saturated heterocycles. The van der Waals surface area contributed by atoms with Gasteiger partial charge in [0.05, 0.1) is 18.8 Å². The Labute approximate surface area is 112 Å². The van der Waals surface area contributed by atoms with Crippen LogP contribution in [0.15, 0.2) is 10.6 Å². The maximum atomic E-state index is 11.8. The number of nitrogens with zero attached hydrogens (tertiary/aromatic N) is 1. The van der Waals surface area contributed by atoms with Crippen molar-refractivity contribution < 1.29 is 13.9 Å². The minimum Gasteiger partial charge on any atom is -0.444 e. The summed E-state index contributed by atoms with van der Waals surface area (Å²) in [6.07, 6.45) is 3.45. The van der Waals surface area contributed by atoms with Crippen molar-refractivity contribution >= 4 is 5.91 Å². The number of amides is 1. The Bertz CT molecular complexity index is 413. The van der Waals surface area contributed by atoms with Crippen LogP contribution < -0.4 is 10.6 Å². The van der Waals surface area contributed by atoms with Crippen LogP contribution >= 0.6 is 0 Å². The lowest BCUT2D eigenvalue weighted by Gasteiger charge is -2.23. The van der Waals surface area contributed by atoms with Crippen LogP contribution in [0.25, 0.3) is 0 Å². The number of hydrogen-bond donors (Lipinski definition) is 2. The summed E-state index contributed by atoms with van der Waals surface area (Å²) in [7, 11) is 0. The first-order valence-electron chi connectivity index (χ1n) is 6.68. The van der Waals surface area contributed by atoms with Gasteiger partial charge < -0.3 is 14.5 Å². The average Bonchev–Trinajstić information content (AvgIpc) is 2.84. The van der Waals surface area contributed by atoms with Crippen LogP contribution in [0.5, 0.6) is 0 Å². The zero-order valence-electron chi connectivity index (χ0n) is 11.4. The monoisotopic (exact) mass is 267 g/mol. The molecular formula is C13H21N3O3. The first-order chi connectivity index (χ1) is 9.15. The van der Waals surface area contributed by atoms with E-state index in [1.807, 2.05) is 13.8 Å². The summed E-state index contributed by atoms with van der Waals surface area (Å²) < 4.78 is 10.7. The molecule has 1 amide bonds. The van der Waals surface area contributed by atoms with Crippen molar-refractivity contribution in [3.05, 3.63) is 17.8 Å². The Morgan fingerprint density at radius 3 is 2.89 bits per heavy atom. The van der Waals surface area contributed by atoms with E-state index in [-0.39, 0.29) is 24.5 Å². The van der Waals surface area contributed by atoms with Gasteiger partial charge in [0, 0.05) is 19.3 Å². The maximum absolute atomic E-state index is 11.8. The molecule has 1 fully saturated rings. The third-order valence-corrected chi connectivity index (χ3v) is 3.16. The molecule has 1 aliphatic heterocycles. The topological polar surface area (TPSA) is 76.4 Å². The number of nitrogens with one attached hydrogen (secondary N) is 2. The first kappa shape index (κ1) is 14.0. The van der Waals surface area contributed by atoms with Gasteiger partial charge in [0.1, 0.15) is 5.76 Å². The highest BCUT2D eigenvalue weighted by Crippen LogP contribution is 2.11. The fourth-order valence-electron chi connectivity index (χ4n) is 2.03. The minimum absolute atomic E-state index is 0.00188. The van der Waals surface area contributed by atoms with E-state index in [4.69, 9.17) is 9.15 Å². The molecule has 0 aromatic carbocycles. The molecular weight excluding hydrogens is 246 g/mol. The second-order valence-electron chi connectivity index (χ2n) is 4.87. The number of carbonyl (C=O) groups excluding carboxylic acids is 1. The summed E-state index contributed by atoms with van der Waals surface area (Å²) in [4.78, 5) is 15.9. The van der Waals surface area contributed by atoms with Crippen molar-refractivity contribution in [3.8, 4) is 0 Å². The van der Waals surface area contributed by atoms with Crippen molar-refractivity contribution in [1.82, 2.24) is 15.6 Å². The van der Waals surface area contributed by atoms with E-state index in [1.54, 1.807) is 6.20 Å². The summed E-state index contributed by atoms with van der Waals surface area (Å²) in [5.41, 5.74) is 0. The second-order valence-corrected chi connectivity index (χ2v) is 4.87. The number of carbonyl (C=O) groups is 1. The Kier molecular flexibility index (Phi) is 4.93. The van der Waals surface area contributed by atoms with Crippen molar-refractivity contribution in [2.45, 2.75) is 38.8 Å². The highest BCUT2D eigenvalue weighted by Gasteiger charge is 2.17. The lowest BCUT2D eigenvalue weighted by Crippen LogP contribution is -2.43. The summed E-state index contributed by atoms with van der Waals surface area (Å²) in [5, 5.41) is 6.10. The van der Waals surface area contributed by atoms with E-state index >= 15 is 0 Å². The fourth-order valence-corrected chi connectivity index (χ4v) is 2.03. The molecule has 106 valence electrons. The quantitative estimate of drug-likeness (QED) is 0.830. The molecule has 2 heterocycles. The second kappa shape index (κ2) is 6.68. The van der Waals surface area contributed by atoms with Gasteiger partial charge in [-0.1, -0.05) is 0 Å². The Hall–Kier alpha value is -1.40. The SMILES string of the molecule is Cc1cnc(C(C)NCC(=O)NC2CCOCC2)o1. The van der Waals surface area contributed by atoms with E-state index < -0.39 is 0 Å². The van der Waals surface area contributed by atoms with Gasteiger partial charge in [0.15, 0.2) is 0 Å². The zero-order valence-corrected chi connectivity index (χ0v) is 11.4. The molecule has 0 bridgehead atoms. The van der Waals surface area contributed by atoms with Crippen LogP contribution in [0.2, 0.25) is 0 Å². The normalized spacial score (nSPS) is 18.2. The van der Waals surface area contributed by atoms with E-state index in [2.05, 4.69) is 15.6 Å². The number of ether oxygens (including phenoxy) is 1. The van der Waals surface area contributed by atoms with Crippen LogP contribution in [0.3, 0.4) is 0 Å². The van der Waals surface area contributed by atoms with Gasteiger partial charge in [-0.05, 0) is 26.7 Å². The van der Waals surface area contributed by atoms with E-state index in [9.17, 15) is 4.79 Å². The molecule has 1 unspecified atom stereocenters. The van der Waals surface area contributed by atoms with Crippen LogP contribution in [0.4, 0.5) is 0 Å². The van der Waals surface area contributed by atoms with E-state index in [0.717, 1.165) is 31.8 Å². The van der Waals surface area contributed by atoms with Crippen molar-refractivity contribution in [1.29, 1.82) is 0 Å². The molecule has 1 aliphatic rings. The summed E-state index contributed by atoms with van der Waals surface area (Å²) >= 11 is 0. The third kappa shape index (κ3) is 4.33. The number of hydrogen-bond acceptors (Lipinski definition) is 5. The van der Waals surface area contributed by atoms with Crippen LogP contribution in [0.1, 0.15) is 37.5 Å². The molecule has 19 heavy (non-hydrogen) atoms. The Balaban J connectivity index is 1.70. The smallest absolute Gasteiger partial charge is 0.234 e. The van der Waals surface area contributed by atoms with Crippen molar-refractivity contribution in [3.63, 3.8) is 0 Å². The Morgan fingerprint density at radius 2 is 2.26 bits per heavy atom. The third-order valence-electron chi connectivity index (χ3n) is 3.16. The molecule has 6 heteroatoms. The van der Waals surface area contributed by atoms with Crippen LogP contribution in [-0.2, 0) is 9.53 Å². The molecule has 0 radical (unpaired) electrons. The zero-order chi connectivity index (χ0) is 13.7. The molecule has 2 rings (SSSR count). The predicted octanol–water partition coefficient (Wildman–Crippen LogP) is 0.929. The number of aryl methyl sites for hydroxylation is 1. The molecule has 1 atom stereocenters. The number of aromatic nitrogens is 1. The fraction of sp³-hybridized carbons (Fsp3) is 0.692. The maximum Gasteiger partial charge on any atom is 0.234 e. The summed E-state index contributed by atoms with van der Waals surface area (Å²) in [5.74, 6) is 1.38. The van der Waals surface area contributed by atoms with Gasteiger partial charge in [-0.2, -0.15) is 0 Å². The van der Waals surface area contributed by atoms with Gasteiger partial charge in [-0.3, -0.25) is 10.1 Å². The molecule has 1 aromatic rings. The molecule has 6 nitrogen and oxygen atoms in total. The van der Waals surface area contributed by atoms with Gasteiger partial charge in [-0.25, -0.2) is 4.98 Å². The van der Waals surface area contributed by atoms with Gasteiger partial charge in [0.25, 0.3) is 0 Å². The highest BCUT2D eigenvalue weighted by atomic mass is 16.5. The standard InChI is InChI=1S/C13H21N3O3/c1-9-7-15-13(19-9)10(2)14-8-12(17)16-11-3-5-18-6-4-11/h7,10-11,14H,3-6,8H2,1-2H3,(H,16,17). The summed E-state index contributed by atoms with van der Waals surface area (Å²) in [6.45, 7) is 5.49. The van der Waals surface area contributed by atoms with E-state index in [0.29, 0.717) is 5.89 Å². The van der Waals surface area contributed by atoms with Gasteiger partial charge in [-0.15, -0.1) is 0 Å². The minimum atomic E-state index is -0.0749. The largest absolute Gasteiger partial charge is 0.444 e. The molecule has 1 aromatic heterocycles. The Morgan fingerprint density at radius 1 is 1.53 bits per heavy atom. The van der Waals surface area contributed by atoms with Crippen molar-refractivity contribution in [2.24, 2.45) is 0 Å². The predicted molar refractivity (Wildman–Crippen MR) is 69.6 cm³/mol. The lowest BCUT2D eigenvalue weighted by molar-refractivity contribution is -0.121. The summed E-state index contributed by atoms with van der Waals surface area (Å²) in [6, 6.07) is 0.163. The van der Waals surface area contributed by atoms with Crippen LogP contribution in [0, 0.1) is 6.92 Å². The lowest BCUT2D eigenvalue weighted by atomic mass is 10.1. The van der Waals surface area contributed by atoms with E-state index in [1.165, 1.54) is 0 Å². The molecule has 0 spiro atoms. The molecule has 0 saturated carbocycles. The molecule has 0 aliphatic carbocycles. The highest BCUT2D eigenvalue weighted by molar-refractivity contribution is 5.78. The first-order valence-corrected chi connectivity index (χ1v) is 6.68. The van der Waals surface area contributed by atoms with Crippen LogP contribution in [-0.4, -0.2) is 36.7 Å².